The summed E-state index contributed by atoms with van der Waals surface area (Å²) in [4.78, 5) is 25.1. The van der Waals surface area contributed by atoms with Gasteiger partial charge < -0.3 is 20.3 Å². The smallest absolute Gasteiger partial charge is 0.315 e. The number of urea groups is 1. The van der Waals surface area contributed by atoms with Crippen LogP contribution in [0.15, 0.2) is 24.3 Å². The van der Waals surface area contributed by atoms with Gasteiger partial charge in [0, 0.05) is 18.1 Å². The molecule has 0 unspecified atom stereocenters. The van der Waals surface area contributed by atoms with Crippen molar-refractivity contribution in [3.63, 3.8) is 0 Å². The molecule has 1 heterocycles. The van der Waals surface area contributed by atoms with Crippen LogP contribution in [-0.2, 0) is 4.79 Å². The Labute approximate surface area is 134 Å². The third-order valence-corrected chi connectivity index (χ3v) is 3.58. The van der Waals surface area contributed by atoms with Crippen molar-refractivity contribution in [1.29, 1.82) is 0 Å². The monoisotopic (exact) mass is 325 g/mol. The van der Waals surface area contributed by atoms with Gasteiger partial charge in [0.05, 0.1) is 13.1 Å². The lowest BCUT2D eigenvalue weighted by Gasteiger charge is -2.15. The summed E-state index contributed by atoms with van der Waals surface area (Å²) in [5.41, 5.74) is 0. The molecule has 6 nitrogen and oxygen atoms in total. The summed E-state index contributed by atoms with van der Waals surface area (Å²) in [5.74, 6) is 0.654. The molecule has 1 aliphatic rings. The minimum absolute atomic E-state index is 0.0316. The van der Waals surface area contributed by atoms with Crippen molar-refractivity contribution in [3.05, 3.63) is 29.3 Å². The first-order chi connectivity index (χ1) is 10.6. The predicted molar refractivity (Wildman–Crippen MR) is 84.2 cm³/mol. The molecule has 0 saturated carbocycles. The lowest BCUT2D eigenvalue weighted by molar-refractivity contribution is -0.128. The van der Waals surface area contributed by atoms with Gasteiger partial charge in [-0.2, -0.15) is 0 Å². The molecule has 0 radical (unpaired) electrons. The van der Waals surface area contributed by atoms with E-state index in [2.05, 4.69) is 10.6 Å². The Hall–Kier alpha value is -1.95. The molecule has 1 aromatic carbocycles. The first-order valence-electron chi connectivity index (χ1n) is 7.33. The van der Waals surface area contributed by atoms with E-state index in [1.807, 2.05) is 0 Å². The molecule has 2 rings (SSSR count). The van der Waals surface area contributed by atoms with E-state index in [0.29, 0.717) is 23.9 Å². The lowest BCUT2D eigenvalue weighted by atomic mass is 10.3. The summed E-state index contributed by atoms with van der Waals surface area (Å²) in [6, 6.07) is 6.63. The molecule has 1 aliphatic heterocycles. The maximum atomic E-state index is 11.7. The quantitative estimate of drug-likeness (QED) is 0.781. The van der Waals surface area contributed by atoms with E-state index in [-0.39, 0.29) is 18.5 Å². The number of nitrogens with zero attached hydrogens (tertiary/aromatic N) is 1. The van der Waals surface area contributed by atoms with Gasteiger partial charge in [-0.05, 0) is 37.1 Å². The third kappa shape index (κ3) is 5.44. The minimum atomic E-state index is -0.368. The number of carbonyl (C=O) groups is 2. The van der Waals surface area contributed by atoms with Crippen LogP contribution in [0, 0.1) is 0 Å². The summed E-state index contributed by atoms with van der Waals surface area (Å²) in [7, 11) is 0. The van der Waals surface area contributed by atoms with Crippen LogP contribution in [-0.4, -0.2) is 49.6 Å². The Bertz CT molecular complexity index is 501. The van der Waals surface area contributed by atoms with Crippen molar-refractivity contribution < 1.29 is 14.3 Å². The minimum Gasteiger partial charge on any atom is -0.492 e. The Morgan fingerprint density at radius 3 is 2.50 bits per heavy atom. The maximum Gasteiger partial charge on any atom is 0.315 e. The number of ether oxygens (including phenoxy) is 1. The van der Waals surface area contributed by atoms with Gasteiger partial charge >= 0.3 is 6.03 Å². The van der Waals surface area contributed by atoms with Crippen LogP contribution in [0.25, 0.3) is 0 Å². The van der Waals surface area contributed by atoms with Crippen molar-refractivity contribution >= 4 is 23.5 Å². The van der Waals surface area contributed by atoms with Crippen LogP contribution in [0.5, 0.6) is 5.75 Å². The van der Waals surface area contributed by atoms with E-state index in [1.165, 1.54) is 0 Å². The van der Waals surface area contributed by atoms with Gasteiger partial charge in [0.1, 0.15) is 12.4 Å². The van der Waals surface area contributed by atoms with Gasteiger partial charge in [-0.25, -0.2) is 4.79 Å². The molecule has 0 aromatic heterocycles. The first kappa shape index (κ1) is 16.4. The maximum absolute atomic E-state index is 11.7. The second-order valence-electron chi connectivity index (χ2n) is 5.00. The van der Waals surface area contributed by atoms with Crippen LogP contribution in [0.3, 0.4) is 0 Å². The summed E-state index contributed by atoms with van der Waals surface area (Å²) in [5, 5.41) is 5.84. The van der Waals surface area contributed by atoms with Crippen LogP contribution in [0.4, 0.5) is 4.79 Å². The third-order valence-electron chi connectivity index (χ3n) is 3.33. The first-order valence-corrected chi connectivity index (χ1v) is 7.71. The largest absolute Gasteiger partial charge is 0.492 e. The second kappa shape index (κ2) is 8.48. The van der Waals surface area contributed by atoms with Crippen molar-refractivity contribution in [1.82, 2.24) is 15.5 Å². The molecule has 1 saturated heterocycles. The SMILES string of the molecule is O=C(NCCOc1ccc(Cl)cc1)NCC(=O)N1CCCC1. The zero-order valence-corrected chi connectivity index (χ0v) is 13.1. The average molecular weight is 326 g/mol. The number of hydrogen-bond donors (Lipinski definition) is 2. The van der Waals surface area contributed by atoms with Gasteiger partial charge in [-0.3, -0.25) is 4.79 Å². The highest BCUT2D eigenvalue weighted by Crippen LogP contribution is 2.15. The van der Waals surface area contributed by atoms with Gasteiger partial charge in [0.25, 0.3) is 0 Å². The summed E-state index contributed by atoms with van der Waals surface area (Å²) < 4.78 is 5.44. The number of amides is 3. The summed E-state index contributed by atoms with van der Waals surface area (Å²) in [6.45, 7) is 2.31. The van der Waals surface area contributed by atoms with E-state index in [9.17, 15) is 9.59 Å². The summed E-state index contributed by atoms with van der Waals surface area (Å²) in [6.07, 6.45) is 2.08. The molecule has 22 heavy (non-hydrogen) atoms. The van der Waals surface area contributed by atoms with E-state index in [1.54, 1.807) is 29.2 Å². The number of hydrogen-bond acceptors (Lipinski definition) is 3. The number of likely N-dealkylation sites (tertiary alicyclic amines) is 1. The molecule has 120 valence electrons. The van der Waals surface area contributed by atoms with E-state index in [0.717, 1.165) is 25.9 Å². The fourth-order valence-corrected chi connectivity index (χ4v) is 2.29. The molecule has 0 atom stereocenters. The van der Waals surface area contributed by atoms with Crippen molar-refractivity contribution in [2.24, 2.45) is 0 Å². The molecule has 0 spiro atoms. The highest BCUT2D eigenvalue weighted by atomic mass is 35.5. The fraction of sp³-hybridized carbons (Fsp3) is 0.467. The predicted octanol–water partition coefficient (Wildman–Crippen LogP) is 1.64. The van der Waals surface area contributed by atoms with Gasteiger partial charge in [0.15, 0.2) is 0 Å². The molecule has 0 aliphatic carbocycles. The van der Waals surface area contributed by atoms with E-state index in [4.69, 9.17) is 16.3 Å². The van der Waals surface area contributed by atoms with E-state index >= 15 is 0 Å². The highest BCUT2D eigenvalue weighted by Gasteiger charge is 2.17. The molecule has 2 N–H and O–H groups in total. The van der Waals surface area contributed by atoms with Gasteiger partial charge in [-0.15, -0.1) is 0 Å². The normalized spacial score (nSPS) is 13.8. The Kier molecular flexibility index (Phi) is 6.33. The fourth-order valence-electron chi connectivity index (χ4n) is 2.16. The molecule has 1 aromatic rings. The number of halogens is 1. The van der Waals surface area contributed by atoms with Crippen LogP contribution in [0.2, 0.25) is 5.02 Å². The van der Waals surface area contributed by atoms with Crippen LogP contribution in [0.1, 0.15) is 12.8 Å². The number of rotatable bonds is 6. The molecule has 0 bridgehead atoms. The van der Waals surface area contributed by atoms with Crippen LogP contribution < -0.4 is 15.4 Å². The number of nitrogens with one attached hydrogen (secondary N) is 2. The number of benzene rings is 1. The molecule has 1 fully saturated rings. The van der Waals surface area contributed by atoms with Gasteiger partial charge in [0.2, 0.25) is 5.91 Å². The number of carbonyl (C=O) groups excluding carboxylic acids is 2. The standard InChI is InChI=1S/C15H20ClN3O3/c16-12-3-5-13(6-4-12)22-10-7-17-15(21)18-11-14(20)19-8-1-2-9-19/h3-6H,1-2,7-11H2,(H2,17,18,21). The van der Waals surface area contributed by atoms with Gasteiger partial charge in [-0.1, -0.05) is 11.6 Å². The van der Waals surface area contributed by atoms with Crippen molar-refractivity contribution in [2.45, 2.75) is 12.8 Å². The highest BCUT2D eigenvalue weighted by molar-refractivity contribution is 6.30. The molecule has 3 amide bonds. The van der Waals surface area contributed by atoms with E-state index < -0.39 is 0 Å². The average Bonchev–Trinajstić information content (AvgIpc) is 3.05. The Morgan fingerprint density at radius 2 is 1.82 bits per heavy atom. The Morgan fingerprint density at radius 1 is 1.14 bits per heavy atom. The Balaban J connectivity index is 1.55. The zero-order chi connectivity index (χ0) is 15.8. The lowest BCUT2D eigenvalue weighted by Crippen LogP contribution is -2.43. The molecular weight excluding hydrogens is 306 g/mol. The topological polar surface area (TPSA) is 70.7 Å². The van der Waals surface area contributed by atoms with Crippen molar-refractivity contribution in [3.8, 4) is 5.75 Å². The van der Waals surface area contributed by atoms with Crippen LogP contribution >= 0.6 is 11.6 Å². The molecular formula is C15H20ClN3O3. The summed E-state index contributed by atoms with van der Waals surface area (Å²) >= 11 is 5.77. The van der Waals surface area contributed by atoms with Crippen molar-refractivity contribution in [2.75, 3.05) is 32.8 Å². The second-order valence-corrected chi connectivity index (χ2v) is 5.44. The molecule has 7 heteroatoms. The zero-order valence-electron chi connectivity index (χ0n) is 12.3.